The molecular weight excluding hydrogens is 408 g/mol. The zero-order valence-corrected chi connectivity index (χ0v) is 19.1. The van der Waals surface area contributed by atoms with Crippen molar-refractivity contribution in [1.82, 2.24) is 25.1 Å². The third kappa shape index (κ3) is 5.07. The third-order valence-corrected chi connectivity index (χ3v) is 6.39. The maximum atomic E-state index is 12.4. The maximum Gasteiger partial charge on any atom is 0.230 e. The van der Waals surface area contributed by atoms with Crippen molar-refractivity contribution < 1.29 is 4.79 Å². The molecule has 3 aromatic rings. The highest BCUT2D eigenvalue weighted by Gasteiger charge is 2.16. The molecule has 1 amide bonds. The van der Waals surface area contributed by atoms with Gasteiger partial charge in [-0.3, -0.25) is 9.36 Å². The van der Waals surface area contributed by atoms with E-state index in [9.17, 15) is 4.79 Å². The molecular formula is C23H28N6OS. The number of hydrogen-bond acceptors (Lipinski definition) is 6. The Morgan fingerprint density at radius 1 is 1.10 bits per heavy atom. The van der Waals surface area contributed by atoms with Gasteiger partial charge in [-0.15, -0.1) is 10.2 Å². The lowest BCUT2D eigenvalue weighted by atomic mass is 10.1. The number of nitrogens with one attached hydrogen (secondary N) is 1. The lowest BCUT2D eigenvalue weighted by Gasteiger charge is -2.16. The highest BCUT2D eigenvalue weighted by atomic mass is 32.2. The van der Waals surface area contributed by atoms with Gasteiger partial charge in [0, 0.05) is 25.8 Å². The van der Waals surface area contributed by atoms with E-state index < -0.39 is 0 Å². The summed E-state index contributed by atoms with van der Waals surface area (Å²) in [5.41, 5.74) is 4.36. The molecule has 31 heavy (non-hydrogen) atoms. The lowest BCUT2D eigenvalue weighted by Crippen LogP contribution is -2.25. The molecule has 0 saturated carbocycles. The molecule has 1 saturated heterocycles. The van der Waals surface area contributed by atoms with Gasteiger partial charge in [-0.25, -0.2) is 4.98 Å². The van der Waals surface area contributed by atoms with Gasteiger partial charge in [0.15, 0.2) is 5.16 Å². The third-order valence-electron chi connectivity index (χ3n) is 5.46. The summed E-state index contributed by atoms with van der Waals surface area (Å²) in [6.45, 7) is 8.68. The van der Waals surface area contributed by atoms with Gasteiger partial charge in [-0.2, -0.15) is 0 Å². The van der Waals surface area contributed by atoms with Crippen molar-refractivity contribution in [3.63, 3.8) is 0 Å². The Hall–Kier alpha value is -2.87. The molecule has 1 aromatic carbocycles. The van der Waals surface area contributed by atoms with Crippen LogP contribution in [0.3, 0.4) is 0 Å². The molecule has 1 N–H and O–H groups in total. The first-order valence-electron chi connectivity index (χ1n) is 10.6. The molecule has 0 radical (unpaired) electrons. The molecule has 1 aliphatic rings. The number of hydrogen-bond donors (Lipinski definition) is 1. The highest BCUT2D eigenvalue weighted by Crippen LogP contribution is 2.25. The van der Waals surface area contributed by atoms with Crippen LogP contribution in [0.15, 0.2) is 41.7 Å². The van der Waals surface area contributed by atoms with Crippen LogP contribution in [0.5, 0.6) is 0 Å². The van der Waals surface area contributed by atoms with Crippen LogP contribution in [0.4, 0.5) is 5.82 Å². The Morgan fingerprint density at radius 3 is 2.65 bits per heavy atom. The molecule has 2 aromatic heterocycles. The summed E-state index contributed by atoms with van der Waals surface area (Å²) < 4.78 is 2.02. The van der Waals surface area contributed by atoms with Crippen LogP contribution in [0, 0.1) is 20.8 Å². The number of carbonyl (C=O) groups excluding carboxylic acids is 1. The number of rotatable bonds is 7. The normalized spacial score (nSPS) is 13.6. The fraction of sp³-hybridized carbons (Fsp3) is 0.391. The Kier molecular flexibility index (Phi) is 6.56. The predicted octanol–water partition coefficient (Wildman–Crippen LogP) is 3.60. The molecule has 0 bridgehead atoms. The molecule has 8 heteroatoms. The van der Waals surface area contributed by atoms with E-state index >= 15 is 0 Å². The fourth-order valence-electron chi connectivity index (χ4n) is 3.71. The largest absolute Gasteiger partial charge is 0.357 e. The number of pyridine rings is 1. The Bertz CT molecular complexity index is 1060. The Morgan fingerprint density at radius 2 is 1.90 bits per heavy atom. The van der Waals surface area contributed by atoms with Gasteiger partial charge >= 0.3 is 0 Å². The van der Waals surface area contributed by atoms with Gasteiger partial charge < -0.3 is 10.2 Å². The van der Waals surface area contributed by atoms with Crippen molar-refractivity contribution in [3.05, 3.63) is 59.0 Å². The van der Waals surface area contributed by atoms with Crippen LogP contribution in [-0.4, -0.2) is 44.5 Å². The van der Waals surface area contributed by atoms with E-state index in [0.717, 1.165) is 46.7 Å². The van der Waals surface area contributed by atoms with Crippen molar-refractivity contribution >= 4 is 23.5 Å². The second-order valence-electron chi connectivity index (χ2n) is 7.94. The molecule has 0 aliphatic carbocycles. The minimum atomic E-state index is -0.0400. The quantitative estimate of drug-likeness (QED) is 0.571. The lowest BCUT2D eigenvalue weighted by molar-refractivity contribution is -0.118. The minimum Gasteiger partial charge on any atom is -0.357 e. The molecule has 7 nitrogen and oxygen atoms in total. The highest BCUT2D eigenvalue weighted by molar-refractivity contribution is 7.99. The number of nitrogens with zero attached hydrogens (tertiary/aromatic N) is 5. The SMILES string of the molecule is Cc1ccc(C)c(-n2c(C)nnc2SCC(=O)NCc2ccc(N3CCCC3)nc2)c1. The minimum absolute atomic E-state index is 0.0400. The van der Waals surface area contributed by atoms with Crippen LogP contribution in [0.2, 0.25) is 0 Å². The molecule has 162 valence electrons. The molecule has 0 spiro atoms. The number of carbonyl (C=O) groups is 1. The molecule has 4 rings (SSSR count). The number of thioether (sulfide) groups is 1. The van der Waals surface area contributed by atoms with Gasteiger partial charge in [0.25, 0.3) is 0 Å². The summed E-state index contributed by atoms with van der Waals surface area (Å²) in [5.74, 6) is 2.06. The zero-order chi connectivity index (χ0) is 21.8. The Balaban J connectivity index is 1.34. The summed E-state index contributed by atoms with van der Waals surface area (Å²) in [5, 5.41) is 12.2. The zero-order valence-electron chi connectivity index (χ0n) is 18.3. The average molecular weight is 437 g/mol. The summed E-state index contributed by atoms with van der Waals surface area (Å²) in [7, 11) is 0. The number of anilines is 1. The molecule has 3 heterocycles. The van der Waals surface area contributed by atoms with E-state index in [-0.39, 0.29) is 11.7 Å². The van der Waals surface area contributed by atoms with Gasteiger partial charge in [0.1, 0.15) is 11.6 Å². The van der Waals surface area contributed by atoms with E-state index in [2.05, 4.69) is 57.4 Å². The molecule has 1 fully saturated rings. The smallest absolute Gasteiger partial charge is 0.230 e. The molecule has 0 unspecified atom stereocenters. The van der Waals surface area contributed by atoms with Crippen molar-refractivity contribution in [2.45, 2.75) is 45.3 Å². The summed E-state index contributed by atoms with van der Waals surface area (Å²) in [6, 6.07) is 10.4. The van der Waals surface area contributed by atoms with Gasteiger partial charge in [0.2, 0.25) is 5.91 Å². The maximum absolute atomic E-state index is 12.4. The predicted molar refractivity (Wildman–Crippen MR) is 124 cm³/mol. The second kappa shape index (κ2) is 9.51. The average Bonchev–Trinajstić information content (AvgIpc) is 3.43. The second-order valence-corrected chi connectivity index (χ2v) is 8.88. The van der Waals surface area contributed by atoms with Gasteiger partial charge in [0.05, 0.1) is 11.4 Å². The van der Waals surface area contributed by atoms with Crippen LogP contribution in [0.1, 0.15) is 35.4 Å². The van der Waals surface area contributed by atoms with Crippen LogP contribution in [0.25, 0.3) is 5.69 Å². The Labute approximate surface area is 187 Å². The van der Waals surface area contributed by atoms with Crippen molar-refractivity contribution in [1.29, 1.82) is 0 Å². The number of aromatic nitrogens is 4. The van der Waals surface area contributed by atoms with E-state index in [1.165, 1.54) is 30.2 Å². The first kappa shape index (κ1) is 21.4. The summed E-state index contributed by atoms with van der Waals surface area (Å²) in [6.07, 6.45) is 4.31. The molecule has 1 aliphatic heterocycles. The van der Waals surface area contributed by atoms with Crippen molar-refractivity contribution in [2.24, 2.45) is 0 Å². The molecule has 0 atom stereocenters. The van der Waals surface area contributed by atoms with E-state index in [0.29, 0.717) is 6.54 Å². The van der Waals surface area contributed by atoms with Crippen LogP contribution >= 0.6 is 11.8 Å². The van der Waals surface area contributed by atoms with Crippen LogP contribution in [-0.2, 0) is 11.3 Å². The van der Waals surface area contributed by atoms with E-state index in [1.807, 2.05) is 29.8 Å². The van der Waals surface area contributed by atoms with E-state index in [1.54, 1.807) is 0 Å². The number of aryl methyl sites for hydroxylation is 3. The van der Waals surface area contributed by atoms with Crippen molar-refractivity contribution in [2.75, 3.05) is 23.7 Å². The standard InChI is InChI=1S/C23H28N6OS/c1-16-6-7-17(2)20(12-16)29-18(3)26-27-23(29)31-15-22(30)25-14-19-8-9-21(24-13-19)28-10-4-5-11-28/h6-9,12-13H,4-5,10-11,14-15H2,1-3H3,(H,25,30). The van der Waals surface area contributed by atoms with Crippen molar-refractivity contribution in [3.8, 4) is 5.69 Å². The van der Waals surface area contributed by atoms with Crippen LogP contribution < -0.4 is 10.2 Å². The van der Waals surface area contributed by atoms with E-state index in [4.69, 9.17) is 0 Å². The fourth-order valence-corrected chi connectivity index (χ4v) is 4.53. The topological polar surface area (TPSA) is 75.9 Å². The van der Waals surface area contributed by atoms with Gasteiger partial charge in [-0.1, -0.05) is 30.0 Å². The summed E-state index contributed by atoms with van der Waals surface area (Å²) >= 11 is 1.39. The number of amides is 1. The number of benzene rings is 1. The van der Waals surface area contributed by atoms with Gasteiger partial charge in [-0.05, 0) is 62.4 Å². The first-order chi connectivity index (χ1) is 15.0. The monoisotopic (exact) mass is 436 g/mol. The summed E-state index contributed by atoms with van der Waals surface area (Å²) in [4.78, 5) is 19.3. The first-order valence-corrected chi connectivity index (χ1v) is 11.6.